The Labute approximate surface area is 671 Å². The number of nitrogen functional groups attached to an aromatic ring is 2. The summed E-state index contributed by atoms with van der Waals surface area (Å²) in [7, 11) is 0. The van der Waals surface area contributed by atoms with Crippen LogP contribution in [0.15, 0.2) is 146 Å². The Balaban J connectivity index is 0.000000148. The molecule has 12 aromatic rings. The van der Waals surface area contributed by atoms with E-state index in [0.29, 0.717) is 55.9 Å². The van der Waals surface area contributed by atoms with E-state index in [2.05, 4.69) is 237 Å². The lowest BCUT2D eigenvalue weighted by Crippen LogP contribution is -2.45. The number of hydrogen-bond acceptors (Lipinski definition) is 11. The molecule has 3 fully saturated rings. The van der Waals surface area contributed by atoms with Gasteiger partial charge in [-0.25, -0.2) is 24.9 Å². The van der Waals surface area contributed by atoms with E-state index in [4.69, 9.17) is 31.4 Å². The Morgan fingerprint density at radius 2 is 0.823 bits per heavy atom. The number of unbranched alkanes of at least 4 members (excludes halogenated alkanes) is 3. The van der Waals surface area contributed by atoms with E-state index in [1.807, 2.05) is 30.3 Å². The van der Waals surface area contributed by atoms with E-state index in [-0.39, 0.29) is 28.3 Å². The van der Waals surface area contributed by atoms with E-state index in [1.54, 1.807) is 0 Å². The van der Waals surface area contributed by atoms with E-state index in [1.165, 1.54) is 104 Å². The zero-order valence-corrected chi connectivity index (χ0v) is 70.0. The molecule has 0 atom stereocenters. The van der Waals surface area contributed by atoms with Gasteiger partial charge in [0.2, 0.25) is 11.8 Å². The quantitative estimate of drug-likeness (QED) is 0.0403. The van der Waals surface area contributed by atoms with Gasteiger partial charge < -0.3 is 35.4 Å². The van der Waals surface area contributed by atoms with Gasteiger partial charge in [-0.1, -0.05) is 220 Å². The molecular formula is C97H126N14O2. The molecule has 0 unspecified atom stereocenters. The first kappa shape index (κ1) is 81.5. The van der Waals surface area contributed by atoms with Crippen LogP contribution >= 0.6 is 0 Å². The maximum absolute atomic E-state index is 13.2. The maximum Gasteiger partial charge on any atom is 0.223 e. The third kappa shape index (κ3) is 20.2. The number of para-hydroxylation sites is 3. The topological polar surface area (TPSA) is 197 Å². The number of nitrogens with two attached hydrogens (primary N) is 2. The van der Waals surface area contributed by atoms with Gasteiger partial charge in [-0.05, 0) is 181 Å². The number of fused-ring (bicyclic) bond motifs is 9. The van der Waals surface area contributed by atoms with Crippen molar-refractivity contribution in [1.29, 1.82) is 0 Å². The second-order valence-corrected chi connectivity index (χ2v) is 36.1. The number of anilines is 2. The van der Waals surface area contributed by atoms with Crippen LogP contribution in [0.3, 0.4) is 0 Å². The molecule has 5 N–H and O–H groups in total. The van der Waals surface area contributed by atoms with Gasteiger partial charge in [0, 0.05) is 98.6 Å². The Bertz CT molecular complexity index is 5210. The standard InChI is InChI=1S/C33H42N4O.C32H41N5O.C32H43N5/c1-5-6-14-29-36-31-28(20-33(2,3)4)35-27-13-8-7-12-26(27)32(31)37(29)22-25-17-15-24(16-18-25)21-34-30(38)19-23-10-9-11-23;1-5-6-14-27-35-29-30(25-12-7-8-13-26(25)34-31(29)33)36(27)20-23-15-17-24(18-16-23)21-37(32(2,3)4)28(38)19-22-10-9-11-22;1-5-6-14-28-35-29-30(26-12-7-8-13-27(26)34-31(29)33)37(28)22-25-17-15-24(16-18-25)21-36(32(2,3)4)20-19-23-10-9-11-23/h7-8,12-13,15-18,23H,5-6,9-11,14,19-22H2,1-4H3,(H,34,38);7-8,12-13,15-18,22H,5-6,9-11,14,19-21H2,1-4H3,(H2,33,34);7-8,12-13,15-18,23H,5-6,9-11,14,19-22H2,1-4H3,(H2,33,34). The molecular weight excluding hydrogens is 1390 g/mol. The van der Waals surface area contributed by atoms with Gasteiger partial charge in [0.1, 0.15) is 34.0 Å². The van der Waals surface area contributed by atoms with Crippen molar-refractivity contribution >= 4 is 89.3 Å². The molecule has 16 nitrogen and oxygen atoms in total. The monoisotopic (exact) mass is 1520 g/mol. The zero-order valence-electron chi connectivity index (χ0n) is 70.0. The molecule has 0 radical (unpaired) electrons. The molecule has 2 amide bonds. The molecule has 596 valence electrons. The first-order valence-electron chi connectivity index (χ1n) is 42.8. The van der Waals surface area contributed by atoms with Crippen molar-refractivity contribution in [1.82, 2.24) is 58.7 Å². The van der Waals surface area contributed by atoms with E-state index >= 15 is 0 Å². The molecule has 0 saturated heterocycles. The molecule has 0 bridgehead atoms. The fourth-order valence-electron chi connectivity index (χ4n) is 16.4. The van der Waals surface area contributed by atoms with Crippen molar-refractivity contribution in [2.75, 3.05) is 18.0 Å². The molecule has 6 heterocycles. The lowest BCUT2D eigenvalue weighted by molar-refractivity contribution is -0.138. The maximum atomic E-state index is 13.2. The van der Waals surface area contributed by atoms with Crippen LogP contribution in [-0.4, -0.2) is 82.8 Å². The third-order valence-corrected chi connectivity index (χ3v) is 23.8. The van der Waals surface area contributed by atoms with Crippen molar-refractivity contribution in [2.45, 2.75) is 275 Å². The molecule has 16 heteroatoms. The number of nitrogens with zero attached hydrogens (tertiary/aromatic N) is 11. The third-order valence-electron chi connectivity index (χ3n) is 23.8. The van der Waals surface area contributed by atoms with E-state index in [9.17, 15) is 9.59 Å². The van der Waals surface area contributed by atoms with Gasteiger partial charge in [-0.2, -0.15) is 0 Å². The number of aromatic nitrogens is 9. The predicted molar refractivity (Wildman–Crippen MR) is 468 cm³/mol. The van der Waals surface area contributed by atoms with Gasteiger partial charge >= 0.3 is 0 Å². The second-order valence-electron chi connectivity index (χ2n) is 36.1. The van der Waals surface area contributed by atoms with Gasteiger partial charge in [0.15, 0.2) is 11.6 Å². The summed E-state index contributed by atoms with van der Waals surface area (Å²) in [6.07, 6.45) is 24.6. The van der Waals surface area contributed by atoms with Crippen molar-refractivity contribution in [3.05, 3.63) is 202 Å². The van der Waals surface area contributed by atoms with Gasteiger partial charge in [-0.3, -0.25) is 19.5 Å². The lowest BCUT2D eigenvalue weighted by Gasteiger charge is -2.38. The number of carbonyl (C=O) groups is 2. The molecule has 6 aromatic heterocycles. The summed E-state index contributed by atoms with van der Waals surface area (Å²) in [5, 5.41) is 6.47. The summed E-state index contributed by atoms with van der Waals surface area (Å²) in [4.78, 5) is 59.6. The molecule has 0 spiro atoms. The Morgan fingerprint density at radius 3 is 1.22 bits per heavy atom. The summed E-state index contributed by atoms with van der Waals surface area (Å²) in [5.41, 5.74) is 30.2. The molecule has 113 heavy (non-hydrogen) atoms. The highest BCUT2D eigenvalue weighted by molar-refractivity contribution is 6.08. The number of amides is 2. The van der Waals surface area contributed by atoms with Crippen LogP contribution in [0.25, 0.3) is 65.8 Å². The molecule has 3 aliphatic rings. The summed E-state index contributed by atoms with van der Waals surface area (Å²) >= 11 is 0. The van der Waals surface area contributed by atoms with Crippen LogP contribution < -0.4 is 16.8 Å². The van der Waals surface area contributed by atoms with Crippen molar-refractivity contribution in [3.63, 3.8) is 0 Å². The van der Waals surface area contributed by atoms with Crippen LogP contribution in [0.1, 0.15) is 255 Å². The summed E-state index contributed by atoms with van der Waals surface area (Å²) in [5.74, 6) is 6.86. The molecule has 6 aromatic carbocycles. The Kier molecular flexibility index (Phi) is 26.2. The number of nitrogens with one attached hydrogen (secondary N) is 1. The molecule has 3 aliphatic carbocycles. The van der Waals surface area contributed by atoms with Crippen LogP contribution in [0.2, 0.25) is 0 Å². The van der Waals surface area contributed by atoms with Crippen molar-refractivity contribution in [3.8, 4) is 0 Å². The average molecular weight is 1520 g/mol. The highest BCUT2D eigenvalue weighted by atomic mass is 16.2. The van der Waals surface area contributed by atoms with Crippen LogP contribution in [-0.2, 0) is 74.5 Å². The number of rotatable bonds is 29. The lowest BCUT2D eigenvalue weighted by atomic mass is 9.82. The van der Waals surface area contributed by atoms with Crippen molar-refractivity contribution in [2.24, 2.45) is 23.2 Å². The molecule has 15 rings (SSSR count). The smallest absolute Gasteiger partial charge is 0.223 e. The second kappa shape index (κ2) is 36.3. The number of benzene rings is 6. The first-order chi connectivity index (χ1) is 54.4. The van der Waals surface area contributed by atoms with Crippen LogP contribution in [0.5, 0.6) is 0 Å². The average Bonchev–Trinajstić information content (AvgIpc) is 1.63. The summed E-state index contributed by atoms with van der Waals surface area (Å²) in [6.45, 7) is 32.6. The number of pyridine rings is 3. The number of carbonyl (C=O) groups excluding carboxylic acids is 2. The van der Waals surface area contributed by atoms with Gasteiger partial charge in [0.25, 0.3) is 0 Å². The minimum Gasteiger partial charge on any atom is -0.382 e. The minimum atomic E-state index is -0.210. The summed E-state index contributed by atoms with van der Waals surface area (Å²) in [6, 6.07) is 51.5. The predicted octanol–water partition coefficient (Wildman–Crippen LogP) is 21.6. The summed E-state index contributed by atoms with van der Waals surface area (Å²) < 4.78 is 7.13. The van der Waals surface area contributed by atoms with Gasteiger partial charge in [-0.15, -0.1) is 0 Å². The fourth-order valence-corrected chi connectivity index (χ4v) is 16.4. The van der Waals surface area contributed by atoms with Gasteiger partial charge in [0.05, 0.1) is 38.8 Å². The number of imidazole rings is 3. The van der Waals surface area contributed by atoms with E-state index in [0.717, 1.165) is 179 Å². The largest absolute Gasteiger partial charge is 0.382 e. The van der Waals surface area contributed by atoms with Crippen LogP contribution in [0.4, 0.5) is 11.6 Å². The highest BCUT2D eigenvalue weighted by Gasteiger charge is 2.32. The number of aryl methyl sites for hydroxylation is 3. The molecule has 0 aliphatic heterocycles. The zero-order chi connectivity index (χ0) is 79.6. The SMILES string of the molecule is CCCCc1nc2c(CC(C)(C)C)nc3ccccc3c2n1Cc1ccc(CNC(=O)CC2CCC2)cc1.CCCCc1nc2c(N)nc3ccccc3c2n1Cc1ccc(CN(C(=O)CC2CCC2)C(C)(C)C)cc1.CCCCc1nc2c(N)nc3ccccc3c2n1Cc1ccc(CN(CCC2CCC2)C(C)(C)C)cc1. The van der Waals surface area contributed by atoms with Crippen molar-refractivity contribution < 1.29 is 9.59 Å². The first-order valence-corrected chi connectivity index (χ1v) is 42.8. The minimum absolute atomic E-state index is 0.124. The van der Waals surface area contributed by atoms with E-state index < -0.39 is 0 Å². The molecule has 3 saturated carbocycles. The van der Waals surface area contributed by atoms with Crippen LogP contribution in [0, 0.1) is 23.2 Å². The fraction of sp³-hybridized carbons (Fsp3) is 0.485. The Hall–Kier alpha value is -9.54. The normalized spacial score (nSPS) is 14.3. The Morgan fingerprint density at radius 1 is 0.442 bits per heavy atom. The highest BCUT2D eigenvalue weighted by Crippen LogP contribution is 2.38. The number of hydrogen-bond donors (Lipinski definition) is 3.